The van der Waals surface area contributed by atoms with Crippen molar-refractivity contribution in [3.63, 3.8) is 0 Å². The van der Waals surface area contributed by atoms with E-state index in [2.05, 4.69) is 27.0 Å². The largest absolute Gasteiger partial charge is 0.377 e. The van der Waals surface area contributed by atoms with Crippen LogP contribution in [0.3, 0.4) is 0 Å². The Balaban J connectivity index is 1.74. The van der Waals surface area contributed by atoms with E-state index >= 15 is 0 Å². The van der Waals surface area contributed by atoms with Gasteiger partial charge in [-0.05, 0) is 26.3 Å². The third-order valence-corrected chi connectivity index (χ3v) is 4.33. The number of piperidine rings is 1. The molecule has 21 heavy (non-hydrogen) atoms. The van der Waals surface area contributed by atoms with E-state index in [0.29, 0.717) is 13.2 Å². The molecule has 1 saturated heterocycles. The van der Waals surface area contributed by atoms with Crippen molar-refractivity contribution in [1.82, 2.24) is 25.0 Å². The first-order valence-electron chi connectivity index (χ1n) is 7.61. The Bertz CT molecular complexity index is 509. The van der Waals surface area contributed by atoms with E-state index in [9.17, 15) is 4.79 Å². The Kier molecular flexibility index (Phi) is 4.21. The summed E-state index contributed by atoms with van der Waals surface area (Å²) in [6.07, 6.45) is 2.06. The van der Waals surface area contributed by atoms with E-state index in [1.54, 1.807) is 7.11 Å². The number of ether oxygens (including phenoxy) is 1. The Hall–Kier alpha value is -1.47. The maximum atomic E-state index is 12.6. The Morgan fingerprint density at radius 2 is 2.33 bits per heavy atom. The number of nitrogens with one attached hydrogen (secondary N) is 1. The average Bonchev–Trinajstić information content (AvgIpc) is 2.91. The molecule has 1 N–H and O–H groups in total. The van der Waals surface area contributed by atoms with E-state index < -0.39 is 0 Å². The summed E-state index contributed by atoms with van der Waals surface area (Å²) in [4.78, 5) is 14.6. The molecule has 7 nitrogen and oxygen atoms in total. The maximum absolute atomic E-state index is 12.6. The summed E-state index contributed by atoms with van der Waals surface area (Å²) in [6.45, 7) is 5.65. The number of fused-ring (bicyclic) bond motifs is 1. The lowest BCUT2D eigenvalue weighted by Crippen LogP contribution is -2.47. The summed E-state index contributed by atoms with van der Waals surface area (Å²) in [5.41, 5.74) is 0. The van der Waals surface area contributed by atoms with E-state index in [1.807, 2.05) is 4.90 Å². The lowest BCUT2D eigenvalue weighted by atomic mass is 9.97. The molecular formula is C14H23N5O2. The van der Waals surface area contributed by atoms with Crippen LogP contribution in [0.25, 0.3) is 0 Å². The van der Waals surface area contributed by atoms with E-state index in [0.717, 1.165) is 44.1 Å². The lowest BCUT2D eigenvalue weighted by Gasteiger charge is -2.35. The summed E-state index contributed by atoms with van der Waals surface area (Å²) in [5, 5.41) is 11.7. The molecule has 3 rings (SSSR count). The van der Waals surface area contributed by atoms with Crippen molar-refractivity contribution in [2.45, 2.75) is 39.0 Å². The van der Waals surface area contributed by atoms with Gasteiger partial charge in [-0.1, -0.05) is 0 Å². The van der Waals surface area contributed by atoms with E-state index in [4.69, 9.17) is 4.74 Å². The van der Waals surface area contributed by atoms with Gasteiger partial charge < -0.3 is 19.5 Å². The van der Waals surface area contributed by atoms with Gasteiger partial charge >= 0.3 is 0 Å². The fraction of sp³-hybridized carbons (Fsp3) is 0.786. The molecule has 2 aliphatic heterocycles. The number of amides is 1. The molecule has 1 aromatic heterocycles. The number of rotatable bonds is 3. The second-order valence-corrected chi connectivity index (χ2v) is 5.95. The van der Waals surface area contributed by atoms with Crippen LogP contribution in [0.4, 0.5) is 0 Å². The summed E-state index contributed by atoms with van der Waals surface area (Å²) >= 11 is 0. The van der Waals surface area contributed by atoms with Crippen LogP contribution in [0.15, 0.2) is 0 Å². The first-order valence-corrected chi connectivity index (χ1v) is 7.61. The van der Waals surface area contributed by atoms with Gasteiger partial charge in [0.25, 0.3) is 0 Å². The third-order valence-electron chi connectivity index (χ3n) is 4.33. The van der Waals surface area contributed by atoms with Gasteiger partial charge in [0.05, 0.1) is 18.5 Å². The fourth-order valence-corrected chi connectivity index (χ4v) is 3.33. The SMILES string of the molecule is COCc1nnc2n1[C@@H](C)CN(C(=O)[C@H]1CCCNC1)C2. The van der Waals surface area contributed by atoms with Crippen LogP contribution in [0, 0.1) is 5.92 Å². The second kappa shape index (κ2) is 6.11. The fourth-order valence-electron chi connectivity index (χ4n) is 3.33. The van der Waals surface area contributed by atoms with Gasteiger partial charge in [0.15, 0.2) is 11.6 Å². The minimum Gasteiger partial charge on any atom is -0.377 e. The van der Waals surface area contributed by atoms with Crippen molar-refractivity contribution in [3.05, 3.63) is 11.6 Å². The minimum atomic E-state index is 0.110. The number of hydrogen-bond acceptors (Lipinski definition) is 5. The van der Waals surface area contributed by atoms with Crippen LogP contribution in [0.1, 0.15) is 37.5 Å². The van der Waals surface area contributed by atoms with Crippen molar-refractivity contribution in [1.29, 1.82) is 0 Å². The highest BCUT2D eigenvalue weighted by molar-refractivity contribution is 5.79. The van der Waals surface area contributed by atoms with Gasteiger partial charge in [0.2, 0.25) is 5.91 Å². The summed E-state index contributed by atoms with van der Waals surface area (Å²) in [7, 11) is 1.65. The zero-order chi connectivity index (χ0) is 14.8. The average molecular weight is 293 g/mol. The molecule has 1 aromatic rings. The van der Waals surface area contributed by atoms with Crippen LogP contribution < -0.4 is 5.32 Å². The molecule has 0 aromatic carbocycles. The summed E-state index contributed by atoms with van der Waals surface area (Å²) < 4.78 is 7.26. The van der Waals surface area contributed by atoms with Crippen molar-refractivity contribution >= 4 is 5.91 Å². The third kappa shape index (κ3) is 2.80. The van der Waals surface area contributed by atoms with Crippen molar-refractivity contribution in [2.75, 3.05) is 26.7 Å². The predicted octanol–water partition coefficient (Wildman–Crippen LogP) is 0.327. The second-order valence-electron chi connectivity index (χ2n) is 5.95. The molecule has 0 unspecified atom stereocenters. The molecule has 2 aliphatic rings. The first kappa shape index (κ1) is 14.5. The predicted molar refractivity (Wildman–Crippen MR) is 76.5 cm³/mol. The van der Waals surface area contributed by atoms with Gasteiger partial charge in [-0.3, -0.25) is 4.79 Å². The topological polar surface area (TPSA) is 72.3 Å². The van der Waals surface area contributed by atoms with Crippen molar-refractivity contribution in [3.8, 4) is 0 Å². The standard InChI is InChI=1S/C14H23N5O2/c1-10-7-18(14(20)11-4-3-5-15-6-11)8-12-16-17-13(9-21-2)19(10)12/h10-11,15H,3-9H2,1-2H3/t10-,11-/m0/s1. The molecule has 7 heteroatoms. The van der Waals surface area contributed by atoms with Gasteiger partial charge in [-0.2, -0.15) is 0 Å². The summed E-state index contributed by atoms with van der Waals surface area (Å²) in [6, 6.07) is 0.189. The Morgan fingerprint density at radius 1 is 1.48 bits per heavy atom. The quantitative estimate of drug-likeness (QED) is 0.869. The van der Waals surface area contributed by atoms with Crippen LogP contribution in [0.2, 0.25) is 0 Å². The molecule has 2 atom stereocenters. The Morgan fingerprint density at radius 3 is 3.05 bits per heavy atom. The van der Waals surface area contributed by atoms with Crippen LogP contribution >= 0.6 is 0 Å². The minimum absolute atomic E-state index is 0.110. The zero-order valence-electron chi connectivity index (χ0n) is 12.7. The number of carbonyl (C=O) groups is 1. The first-order chi connectivity index (χ1) is 10.2. The van der Waals surface area contributed by atoms with Gasteiger partial charge in [0, 0.05) is 20.2 Å². The molecule has 1 amide bonds. The van der Waals surface area contributed by atoms with Crippen LogP contribution in [-0.2, 0) is 22.7 Å². The molecule has 0 aliphatic carbocycles. The van der Waals surface area contributed by atoms with Crippen LogP contribution in [-0.4, -0.2) is 52.3 Å². The number of methoxy groups -OCH3 is 1. The zero-order valence-corrected chi connectivity index (χ0v) is 12.7. The highest BCUT2D eigenvalue weighted by Crippen LogP contribution is 2.24. The van der Waals surface area contributed by atoms with Gasteiger partial charge in [-0.25, -0.2) is 0 Å². The van der Waals surface area contributed by atoms with Crippen LogP contribution in [0.5, 0.6) is 0 Å². The molecule has 116 valence electrons. The summed E-state index contributed by atoms with van der Waals surface area (Å²) in [5.74, 6) is 2.06. The molecule has 0 radical (unpaired) electrons. The molecule has 1 fully saturated rings. The normalized spacial score (nSPS) is 25.7. The van der Waals surface area contributed by atoms with E-state index in [1.165, 1.54) is 0 Å². The highest BCUT2D eigenvalue weighted by atomic mass is 16.5. The molecule has 0 spiro atoms. The lowest BCUT2D eigenvalue weighted by molar-refractivity contribution is -0.138. The molecular weight excluding hydrogens is 270 g/mol. The van der Waals surface area contributed by atoms with Crippen molar-refractivity contribution < 1.29 is 9.53 Å². The number of aromatic nitrogens is 3. The molecule has 3 heterocycles. The number of hydrogen-bond donors (Lipinski definition) is 1. The molecule has 0 bridgehead atoms. The van der Waals surface area contributed by atoms with Gasteiger partial charge in [-0.15, -0.1) is 10.2 Å². The van der Waals surface area contributed by atoms with E-state index in [-0.39, 0.29) is 17.9 Å². The number of nitrogens with zero attached hydrogens (tertiary/aromatic N) is 4. The maximum Gasteiger partial charge on any atom is 0.227 e. The monoisotopic (exact) mass is 293 g/mol. The Labute approximate surface area is 124 Å². The smallest absolute Gasteiger partial charge is 0.227 e. The molecule has 0 saturated carbocycles. The van der Waals surface area contributed by atoms with Gasteiger partial charge in [0.1, 0.15) is 6.61 Å². The van der Waals surface area contributed by atoms with Crippen molar-refractivity contribution in [2.24, 2.45) is 5.92 Å². The highest BCUT2D eigenvalue weighted by Gasteiger charge is 2.32. The number of carbonyl (C=O) groups excluding carboxylic acids is 1.